The molecule has 0 spiro atoms. The fourth-order valence-corrected chi connectivity index (χ4v) is 3.61. The Bertz CT molecular complexity index is 579. The first-order valence-electron chi connectivity index (χ1n) is 8.25. The predicted molar refractivity (Wildman–Crippen MR) is 80.3 cm³/mol. The highest BCUT2D eigenvalue weighted by Crippen LogP contribution is 2.40. The Balaban J connectivity index is 1.80. The molecule has 2 heterocycles. The molecule has 4 unspecified atom stereocenters. The molecule has 0 radical (unpaired) electrons. The highest BCUT2D eigenvalue weighted by atomic mass is 16.6. The van der Waals surface area contributed by atoms with Gasteiger partial charge in [-0.3, -0.25) is 9.69 Å². The van der Waals surface area contributed by atoms with Crippen LogP contribution in [0.4, 0.5) is 0 Å². The van der Waals surface area contributed by atoms with Crippen molar-refractivity contribution in [1.82, 2.24) is 4.90 Å². The largest absolute Gasteiger partial charge is 0.469 e. The molecule has 1 aromatic rings. The van der Waals surface area contributed by atoms with Crippen LogP contribution in [-0.2, 0) is 14.3 Å². The van der Waals surface area contributed by atoms with E-state index in [1.165, 1.54) is 7.11 Å². The molecule has 22 heavy (non-hydrogen) atoms. The maximum atomic E-state index is 12.3. The SMILES string of the molecule is [2H]CN1C2CCC1C(C(=O)OC)C(OC(=O)c1ccccc1)C2. The Morgan fingerprint density at radius 1 is 1.27 bits per heavy atom. The number of methoxy groups -OCH3 is 1. The van der Waals surface area contributed by atoms with Crippen LogP contribution in [0.25, 0.3) is 0 Å². The van der Waals surface area contributed by atoms with Crippen LogP contribution >= 0.6 is 0 Å². The van der Waals surface area contributed by atoms with Crippen molar-refractivity contribution < 1.29 is 20.4 Å². The van der Waals surface area contributed by atoms with Crippen LogP contribution in [0, 0.1) is 5.92 Å². The summed E-state index contributed by atoms with van der Waals surface area (Å²) in [4.78, 5) is 26.6. The Morgan fingerprint density at radius 2 is 2.05 bits per heavy atom. The first kappa shape index (κ1) is 13.8. The fraction of sp³-hybridized carbons (Fsp3) is 0.529. The molecule has 0 aromatic heterocycles. The van der Waals surface area contributed by atoms with Gasteiger partial charge in [-0.05, 0) is 32.0 Å². The van der Waals surface area contributed by atoms with Crippen LogP contribution in [0.2, 0.25) is 0 Å². The number of hydrogen-bond donors (Lipinski definition) is 0. The summed E-state index contributed by atoms with van der Waals surface area (Å²) in [7, 11) is 1.51. The number of carbonyl (C=O) groups excluding carboxylic acids is 2. The number of fused-ring (bicyclic) bond motifs is 2. The van der Waals surface area contributed by atoms with E-state index in [4.69, 9.17) is 10.8 Å². The molecule has 2 aliphatic rings. The minimum atomic E-state index is -0.517. The van der Waals surface area contributed by atoms with Crippen molar-refractivity contribution in [2.24, 2.45) is 5.92 Å². The lowest BCUT2D eigenvalue weighted by atomic mass is 9.87. The van der Waals surface area contributed by atoms with Crippen molar-refractivity contribution in [2.45, 2.75) is 37.5 Å². The molecular formula is C17H21NO4. The zero-order chi connectivity index (χ0) is 16.4. The first-order valence-corrected chi connectivity index (χ1v) is 7.54. The van der Waals surface area contributed by atoms with Gasteiger partial charge in [0.2, 0.25) is 0 Å². The fourth-order valence-electron chi connectivity index (χ4n) is 3.61. The minimum Gasteiger partial charge on any atom is -0.469 e. The molecule has 2 aliphatic heterocycles. The van der Waals surface area contributed by atoms with Crippen molar-refractivity contribution in [3.05, 3.63) is 35.9 Å². The number of hydrogen-bond acceptors (Lipinski definition) is 5. The standard InChI is InChI=1S/C17H21NO4/c1-18-12-8-9-13(18)15(17(20)21-2)14(10-12)22-16(19)11-6-4-3-5-7-11/h3-7,12-15H,8-10H2,1-2H3/i1D. The molecule has 1 aromatic carbocycles. The molecule has 3 rings (SSSR count). The van der Waals surface area contributed by atoms with E-state index in [1.54, 1.807) is 24.3 Å². The van der Waals surface area contributed by atoms with E-state index >= 15 is 0 Å². The van der Waals surface area contributed by atoms with Crippen molar-refractivity contribution in [1.29, 1.82) is 0 Å². The highest BCUT2D eigenvalue weighted by Gasteiger charge is 2.50. The van der Waals surface area contributed by atoms with E-state index in [1.807, 2.05) is 11.0 Å². The van der Waals surface area contributed by atoms with Crippen LogP contribution in [-0.4, -0.2) is 49.2 Å². The highest BCUT2D eigenvalue weighted by molar-refractivity contribution is 5.89. The molecule has 0 aliphatic carbocycles. The minimum absolute atomic E-state index is 0.0766. The van der Waals surface area contributed by atoms with Gasteiger partial charge < -0.3 is 9.47 Å². The average Bonchev–Trinajstić information content (AvgIpc) is 2.88. The second-order valence-electron chi connectivity index (χ2n) is 5.91. The number of benzene rings is 1. The van der Waals surface area contributed by atoms with Gasteiger partial charge in [0.25, 0.3) is 0 Å². The van der Waals surface area contributed by atoms with E-state index in [-0.39, 0.29) is 25.1 Å². The summed E-state index contributed by atoms with van der Waals surface area (Å²) in [5, 5.41) is 0. The molecule has 2 saturated heterocycles. The molecule has 0 saturated carbocycles. The van der Waals surface area contributed by atoms with E-state index in [0.717, 1.165) is 12.8 Å². The van der Waals surface area contributed by atoms with Crippen molar-refractivity contribution in [3.8, 4) is 0 Å². The maximum Gasteiger partial charge on any atom is 0.338 e. The lowest BCUT2D eigenvalue weighted by Crippen LogP contribution is -2.53. The molecule has 2 fully saturated rings. The summed E-state index contributed by atoms with van der Waals surface area (Å²) in [5.74, 6) is -1.29. The van der Waals surface area contributed by atoms with Crippen molar-refractivity contribution >= 4 is 11.9 Å². The maximum absolute atomic E-state index is 12.3. The summed E-state index contributed by atoms with van der Waals surface area (Å²) in [6, 6.07) is 8.91. The van der Waals surface area contributed by atoms with E-state index < -0.39 is 18.0 Å². The van der Waals surface area contributed by atoms with E-state index in [0.29, 0.717) is 12.0 Å². The number of esters is 2. The molecule has 0 N–H and O–H groups in total. The van der Waals surface area contributed by atoms with Gasteiger partial charge >= 0.3 is 11.9 Å². The first-order chi connectivity index (χ1) is 11.2. The lowest BCUT2D eigenvalue weighted by Gasteiger charge is -2.40. The van der Waals surface area contributed by atoms with Gasteiger partial charge in [0.05, 0.1) is 12.7 Å². The number of ether oxygens (including phenoxy) is 2. The van der Waals surface area contributed by atoms with Crippen molar-refractivity contribution in [2.75, 3.05) is 14.1 Å². The van der Waals surface area contributed by atoms with Gasteiger partial charge in [-0.2, -0.15) is 0 Å². The molecule has 118 valence electrons. The van der Waals surface area contributed by atoms with Gasteiger partial charge in [0.1, 0.15) is 12.0 Å². The molecular weight excluding hydrogens is 282 g/mol. The molecule has 0 amide bonds. The third kappa shape index (κ3) is 2.61. The second-order valence-corrected chi connectivity index (χ2v) is 5.91. The van der Waals surface area contributed by atoms with Gasteiger partial charge in [-0.15, -0.1) is 0 Å². The summed E-state index contributed by atoms with van der Waals surface area (Å²) < 4.78 is 18.3. The number of carbonyl (C=O) groups is 2. The predicted octanol–water partition coefficient (Wildman–Crippen LogP) is 1.87. The number of piperidine rings is 1. The van der Waals surface area contributed by atoms with Crippen LogP contribution in [0.1, 0.15) is 31.0 Å². The third-order valence-electron chi connectivity index (χ3n) is 4.75. The Labute approximate surface area is 131 Å². The van der Waals surface area contributed by atoms with Gasteiger partial charge in [0, 0.05) is 19.9 Å². The Hall–Kier alpha value is -1.88. The summed E-state index contributed by atoms with van der Waals surface area (Å²) in [6.07, 6.45) is 1.85. The van der Waals surface area contributed by atoms with Crippen LogP contribution in [0.15, 0.2) is 30.3 Å². The summed E-state index contributed by atoms with van der Waals surface area (Å²) in [5.41, 5.74) is 0.478. The van der Waals surface area contributed by atoms with Crippen molar-refractivity contribution in [3.63, 3.8) is 0 Å². The smallest absolute Gasteiger partial charge is 0.338 e. The zero-order valence-corrected chi connectivity index (χ0v) is 12.6. The summed E-state index contributed by atoms with van der Waals surface area (Å²) >= 11 is 0. The third-order valence-corrected chi connectivity index (χ3v) is 4.75. The lowest BCUT2D eigenvalue weighted by molar-refractivity contribution is -0.156. The number of rotatable bonds is 3. The Kier molecular flexibility index (Phi) is 3.81. The second kappa shape index (κ2) is 6.08. The van der Waals surface area contributed by atoms with Crippen LogP contribution < -0.4 is 0 Å². The van der Waals surface area contributed by atoms with Gasteiger partial charge in [0.15, 0.2) is 0 Å². The van der Waals surface area contributed by atoms with E-state index in [2.05, 4.69) is 0 Å². The monoisotopic (exact) mass is 304 g/mol. The Morgan fingerprint density at radius 3 is 2.73 bits per heavy atom. The van der Waals surface area contributed by atoms with E-state index in [9.17, 15) is 9.59 Å². The normalized spacial score (nSPS) is 31.4. The molecule has 5 nitrogen and oxygen atoms in total. The summed E-state index contributed by atoms with van der Waals surface area (Å²) in [6.45, 7) is 0. The van der Waals surface area contributed by atoms with Crippen LogP contribution in [0.5, 0.6) is 0 Å². The number of nitrogens with zero attached hydrogens (tertiary/aromatic N) is 1. The molecule has 2 bridgehead atoms. The average molecular weight is 304 g/mol. The van der Waals surface area contributed by atoms with Gasteiger partial charge in [-0.25, -0.2) is 4.79 Å². The quantitative estimate of drug-likeness (QED) is 0.798. The molecule has 4 atom stereocenters. The molecule has 5 heteroatoms. The zero-order valence-electron chi connectivity index (χ0n) is 13.6. The van der Waals surface area contributed by atoms with Gasteiger partial charge in [-0.1, -0.05) is 18.2 Å². The van der Waals surface area contributed by atoms with Crippen LogP contribution in [0.3, 0.4) is 0 Å². The topological polar surface area (TPSA) is 55.8 Å².